The molecular weight excluding hydrogens is 226 g/mol. The van der Waals surface area contributed by atoms with E-state index in [1.165, 1.54) is 12.8 Å². The number of anilines is 1. The molecule has 0 atom stereocenters. The van der Waals surface area contributed by atoms with Gasteiger partial charge < -0.3 is 14.6 Å². The number of nitrogens with one attached hydrogen (secondary N) is 1. The fourth-order valence-corrected chi connectivity index (χ4v) is 1.91. The van der Waals surface area contributed by atoms with E-state index >= 15 is 0 Å². The van der Waals surface area contributed by atoms with Gasteiger partial charge in [0.15, 0.2) is 0 Å². The Bertz CT molecular complexity index is 369. The zero-order valence-electron chi connectivity index (χ0n) is 11.9. The molecule has 1 aromatic rings. The monoisotopic (exact) mass is 251 g/mol. The van der Waals surface area contributed by atoms with Crippen molar-refractivity contribution >= 4 is 6.01 Å². The van der Waals surface area contributed by atoms with E-state index in [2.05, 4.69) is 42.9 Å². The SMILES string of the molecule is CC(C)NCc1coc(N(CC2CC2)C(C)C)n1. The summed E-state index contributed by atoms with van der Waals surface area (Å²) in [7, 11) is 0. The summed E-state index contributed by atoms with van der Waals surface area (Å²) in [5.41, 5.74) is 0.986. The molecule has 4 nitrogen and oxygen atoms in total. The third-order valence-electron chi connectivity index (χ3n) is 3.25. The van der Waals surface area contributed by atoms with Crippen LogP contribution < -0.4 is 10.2 Å². The number of nitrogens with zero attached hydrogens (tertiary/aromatic N) is 2. The van der Waals surface area contributed by atoms with E-state index in [4.69, 9.17) is 4.42 Å². The molecule has 0 saturated heterocycles. The van der Waals surface area contributed by atoms with E-state index in [1.54, 1.807) is 6.26 Å². The second-order valence-electron chi connectivity index (χ2n) is 5.85. The molecule has 18 heavy (non-hydrogen) atoms. The van der Waals surface area contributed by atoms with Crippen LogP contribution in [0.25, 0.3) is 0 Å². The second-order valence-corrected chi connectivity index (χ2v) is 5.85. The minimum absolute atomic E-state index is 0.440. The zero-order chi connectivity index (χ0) is 13.1. The maximum Gasteiger partial charge on any atom is 0.297 e. The molecule has 4 heteroatoms. The van der Waals surface area contributed by atoms with Crippen LogP contribution in [0.2, 0.25) is 0 Å². The molecule has 102 valence electrons. The smallest absolute Gasteiger partial charge is 0.297 e. The normalized spacial score (nSPS) is 15.7. The zero-order valence-corrected chi connectivity index (χ0v) is 11.9. The molecule has 1 fully saturated rings. The molecule has 0 aliphatic heterocycles. The lowest BCUT2D eigenvalue weighted by atomic mass is 10.3. The molecule has 0 radical (unpaired) electrons. The first-order valence-electron chi connectivity index (χ1n) is 7.00. The van der Waals surface area contributed by atoms with Crippen molar-refractivity contribution < 1.29 is 4.42 Å². The van der Waals surface area contributed by atoms with E-state index in [-0.39, 0.29) is 0 Å². The van der Waals surface area contributed by atoms with Gasteiger partial charge in [-0.05, 0) is 32.6 Å². The Kier molecular flexibility index (Phi) is 4.27. The van der Waals surface area contributed by atoms with Crippen molar-refractivity contribution in [1.29, 1.82) is 0 Å². The summed E-state index contributed by atoms with van der Waals surface area (Å²) in [6, 6.07) is 1.69. The van der Waals surface area contributed by atoms with Crippen molar-refractivity contribution in [3.05, 3.63) is 12.0 Å². The van der Waals surface area contributed by atoms with Gasteiger partial charge in [-0.25, -0.2) is 0 Å². The maximum absolute atomic E-state index is 5.62. The Hall–Kier alpha value is -1.03. The minimum atomic E-state index is 0.440. The van der Waals surface area contributed by atoms with Crippen LogP contribution in [-0.2, 0) is 6.54 Å². The van der Waals surface area contributed by atoms with Gasteiger partial charge in [-0.2, -0.15) is 4.98 Å². The van der Waals surface area contributed by atoms with Crippen LogP contribution in [0, 0.1) is 5.92 Å². The molecule has 1 saturated carbocycles. The lowest BCUT2D eigenvalue weighted by Gasteiger charge is -2.24. The summed E-state index contributed by atoms with van der Waals surface area (Å²) in [4.78, 5) is 6.86. The van der Waals surface area contributed by atoms with Crippen LogP contribution in [0.5, 0.6) is 0 Å². The topological polar surface area (TPSA) is 41.3 Å². The molecule has 0 unspecified atom stereocenters. The van der Waals surface area contributed by atoms with E-state index in [0.717, 1.165) is 30.7 Å². The van der Waals surface area contributed by atoms with Gasteiger partial charge in [-0.3, -0.25) is 0 Å². The van der Waals surface area contributed by atoms with Crippen molar-refractivity contribution in [2.24, 2.45) is 5.92 Å². The van der Waals surface area contributed by atoms with Gasteiger partial charge in [-0.1, -0.05) is 13.8 Å². The molecule has 0 bridgehead atoms. The average Bonchev–Trinajstić information content (AvgIpc) is 3.00. The first-order valence-corrected chi connectivity index (χ1v) is 7.00. The second kappa shape index (κ2) is 5.74. The van der Waals surface area contributed by atoms with Crippen LogP contribution >= 0.6 is 0 Å². The average molecular weight is 251 g/mol. The number of aromatic nitrogens is 1. The Morgan fingerprint density at radius 2 is 2.11 bits per heavy atom. The lowest BCUT2D eigenvalue weighted by molar-refractivity contribution is 0.502. The van der Waals surface area contributed by atoms with E-state index in [1.807, 2.05) is 0 Å². The Morgan fingerprint density at radius 3 is 2.67 bits per heavy atom. The molecule has 1 aliphatic carbocycles. The van der Waals surface area contributed by atoms with Gasteiger partial charge in [0.05, 0.1) is 5.69 Å². The standard InChI is InChI=1S/C14H25N3O/c1-10(2)15-7-13-9-18-14(16-13)17(11(3)4)8-12-5-6-12/h9-12,15H,5-8H2,1-4H3. The van der Waals surface area contributed by atoms with Gasteiger partial charge in [0.2, 0.25) is 0 Å². The number of oxazole rings is 1. The van der Waals surface area contributed by atoms with Crippen molar-refractivity contribution in [3.63, 3.8) is 0 Å². The molecule has 1 heterocycles. The lowest BCUT2D eigenvalue weighted by Crippen LogP contribution is -2.33. The summed E-state index contributed by atoms with van der Waals surface area (Å²) < 4.78 is 5.62. The predicted octanol–water partition coefficient (Wildman–Crippen LogP) is 2.80. The Balaban J connectivity index is 1.96. The van der Waals surface area contributed by atoms with Gasteiger partial charge in [0.1, 0.15) is 6.26 Å². The van der Waals surface area contributed by atoms with E-state index < -0.39 is 0 Å². The van der Waals surface area contributed by atoms with Crippen LogP contribution in [-0.4, -0.2) is 23.6 Å². The highest BCUT2D eigenvalue weighted by Crippen LogP contribution is 2.32. The van der Waals surface area contributed by atoms with Crippen molar-refractivity contribution in [3.8, 4) is 0 Å². The van der Waals surface area contributed by atoms with E-state index in [9.17, 15) is 0 Å². The maximum atomic E-state index is 5.62. The summed E-state index contributed by atoms with van der Waals surface area (Å²) in [6.45, 7) is 10.5. The van der Waals surface area contributed by atoms with Crippen LogP contribution in [0.1, 0.15) is 46.2 Å². The largest absolute Gasteiger partial charge is 0.432 e. The first kappa shape index (κ1) is 13.4. The molecule has 1 N–H and O–H groups in total. The van der Waals surface area contributed by atoms with Gasteiger partial charge in [0, 0.05) is 25.2 Å². The quantitative estimate of drug-likeness (QED) is 0.809. The van der Waals surface area contributed by atoms with Gasteiger partial charge in [-0.15, -0.1) is 0 Å². The van der Waals surface area contributed by atoms with Crippen molar-refractivity contribution in [2.75, 3.05) is 11.4 Å². The van der Waals surface area contributed by atoms with Gasteiger partial charge >= 0.3 is 0 Å². The fourth-order valence-electron chi connectivity index (χ4n) is 1.91. The summed E-state index contributed by atoms with van der Waals surface area (Å²) in [5, 5.41) is 3.36. The highest BCUT2D eigenvalue weighted by atomic mass is 16.4. The third kappa shape index (κ3) is 3.73. The van der Waals surface area contributed by atoms with Crippen LogP contribution in [0.15, 0.2) is 10.7 Å². The first-order chi connectivity index (χ1) is 8.56. The van der Waals surface area contributed by atoms with Crippen molar-refractivity contribution in [2.45, 2.75) is 59.2 Å². The molecule has 2 rings (SSSR count). The highest BCUT2D eigenvalue weighted by Gasteiger charge is 2.27. The number of hydrogen-bond acceptors (Lipinski definition) is 4. The van der Waals surface area contributed by atoms with Crippen molar-refractivity contribution in [1.82, 2.24) is 10.3 Å². The Labute approximate surface area is 110 Å². The summed E-state index contributed by atoms with van der Waals surface area (Å²) >= 11 is 0. The molecule has 0 aromatic carbocycles. The third-order valence-corrected chi connectivity index (χ3v) is 3.25. The molecular formula is C14H25N3O. The minimum Gasteiger partial charge on any atom is -0.432 e. The van der Waals surface area contributed by atoms with Crippen LogP contribution in [0.4, 0.5) is 6.01 Å². The van der Waals surface area contributed by atoms with E-state index in [0.29, 0.717) is 12.1 Å². The number of rotatable bonds is 7. The highest BCUT2D eigenvalue weighted by molar-refractivity contribution is 5.29. The molecule has 0 amide bonds. The molecule has 1 aliphatic rings. The molecule has 0 spiro atoms. The molecule has 1 aromatic heterocycles. The summed E-state index contributed by atoms with van der Waals surface area (Å²) in [5.74, 6) is 0.844. The number of hydrogen-bond donors (Lipinski definition) is 1. The Morgan fingerprint density at radius 1 is 1.39 bits per heavy atom. The predicted molar refractivity (Wildman–Crippen MR) is 73.7 cm³/mol. The fraction of sp³-hybridized carbons (Fsp3) is 0.786. The summed E-state index contributed by atoms with van der Waals surface area (Å²) in [6.07, 6.45) is 4.48. The van der Waals surface area contributed by atoms with Gasteiger partial charge in [0.25, 0.3) is 6.01 Å². The van der Waals surface area contributed by atoms with Crippen LogP contribution in [0.3, 0.4) is 0 Å².